The summed E-state index contributed by atoms with van der Waals surface area (Å²) in [6.45, 7) is 4.01. The van der Waals surface area contributed by atoms with Crippen LogP contribution in [0.3, 0.4) is 0 Å². The largest absolute Gasteiger partial charge is 0.573 e. The summed E-state index contributed by atoms with van der Waals surface area (Å²) < 4.78 is 40.2. The normalized spacial score (nSPS) is 10.9. The van der Waals surface area contributed by atoms with Gasteiger partial charge in [-0.15, -0.1) is 19.8 Å². The molecule has 0 atom stereocenters. The highest BCUT2D eigenvalue weighted by Crippen LogP contribution is 2.23. The van der Waals surface area contributed by atoms with E-state index in [-0.39, 0.29) is 11.7 Å². The molecule has 0 bridgehead atoms. The SMILES string of the molecule is C=CCCC(=O)Nc1ccc(NCc2ccc(OC(F)(F)F)cc2)cc1. The number of carbonyl (C=O) groups is 1. The molecule has 0 aliphatic carbocycles. The van der Waals surface area contributed by atoms with Gasteiger partial charge in [0.15, 0.2) is 0 Å². The molecule has 0 aromatic heterocycles. The number of allylic oxidation sites excluding steroid dienone is 1. The topological polar surface area (TPSA) is 50.4 Å². The summed E-state index contributed by atoms with van der Waals surface area (Å²) in [5.74, 6) is -0.329. The number of hydrogen-bond donors (Lipinski definition) is 2. The number of hydrogen-bond acceptors (Lipinski definition) is 3. The average Bonchev–Trinajstić information content (AvgIpc) is 2.59. The molecule has 1 amide bonds. The van der Waals surface area contributed by atoms with E-state index in [9.17, 15) is 18.0 Å². The Morgan fingerprint density at radius 2 is 1.65 bits per heavy atom. The molecule has 2 N–H and O–H groups in total. The number of ether oxygens (including phenoxy) is 1. The van der Waals surface area contributed by atoms with Crippen LogP contribution in [0.4, 0.5) is 24.5 Å². The Morgan fingerprint density at radius 1 is 1.04 bits per heavy atom. The van der Waals surface area contributed by atoms with Gasteiger partial charge in [0, 0.05) is 24.3 Å². The van der Waals surface area contributed by atoms with Crippen LogP contribution in [-0.2, 0) is 11.3 Å². The average molecular weight is 364 g/mol. The second kappa shape index (κ2) is 8.94. The van der Waals surface area contributed by atoms with Crippen molar-refractivity contribution >= 4 is 17.3 Å². The number of carbonyl (C=O) groups excluding carboxylic acids is 1. The lowest BCUT2D eigenvalue weighted by Gasteiger charge is -2.11. The van der Waals surface area contributed by atoms with E-state index in [0.29, 0.717) is 25.1 Å². The molecule has 0 aliphatic rings. The Hall–Kier alpha value is -2.96. The molecule has 2 aromatic rings. The third-order valence-corrected chi connectivity index (χ3v) is 3.40. The molecule has 0 heterocycles. The summed E-state index contributed by atoms with van der Waals surface area (Å²) in [4.78, 5) is 11.6. The minimum Gasteiger partial charge on any atom is -0.406 e. The number of nitrogens with one attached hydrogen (secondary N) is 2. The molecule has 0 radical (unpaired) electrons. The first-order valence-electron chi connectivity index (χ1n) is 7.95. The Morgan fingerprint density at radius 3 is 2.23 bits per heavy atom. The third kappa shape index (κ3) is 6.88. The van der Waals surface area contributed by atoms with Crippen LogP contribution in [0.1, 0.15) is 18.4 Å². The summed E-state index contributed by atoms with van der Waals surface area (Å²) in [7, 11) is 0. The molecule has 0 aliphatic heterocycles. The Labute approximate surface area is 149 Å². The maximum Gasteiger partial charge on any atom is 0.573 e. The van der Waals surface area contributed by atoms with Gasteiger partial charge < -0.3 is 15.4 Å². The van der Waals surface area contributed by atoms with Gasteiger partial charge in [-0.1, -0.05) is 18.2 Å². The van der Waals surface area contributed by atoms with Crippen molar-refractivity contribution in [3.63, 3.8) is 0 Å². The number of alkyl halides is 3. The fraction of sp³-hybridized carbons (Fsp3) is 0.211. The van der Waals surface area contributed by atoms with Gasteiger partial charge in [0.2, 0.25) is 5.91 Å². The molecular formula is C19H19F3N2O2. The van der Waals surface area contributed by atoms with E-state index >= 15 is 0 Å². The summed E-state index contributed by atoms with van der Waals surface area (Å²) >= 11 is 0. The van der Waals surface area contributed by atoms with Crippen LogP contribution in [0.5, 0.6) is 5.75 Å². The van der Waals surface area contributed by atoms with Crippen LogP contribution in [0.15, 0.2) is 61.2 Å². The number of amides is 1. The summed E-state index contributed by atoms with van der Waals surface area (Å²) in [5.41, 5.74) is 2.32. The lowest BCUT2D eigenvalue weighted by molar-refractivity contribution is -0.274. The molecule has 2 rings (SSSR count). The zero-order valence-electron chi connectivity index (χ0n) is 14.0. The van der Waals surface area contributed by atoms with Crippen molar-refractivity contribution in [1.29, 1.82) is 0 Å². The van der Waals surface area contributed by atoms with Crippen molar-refractivity contribution in [1.82, 2.24) is 0 Å². The molecule has 0 spiro atoms. The van der Waals surface area contributed by atoms with Crippen molar-refractivity contribution in [2.45, 2.75) is 25.7 Å². The van der Waals surface area contributed by atoms with Crippen molar-refractivity contribution in [2.24, 2.45) is 0 Å². The Balaban J connectivity index is 1.84. The maximum atomic E-state index is 12.1. The molecule has 0 saturated heterocycles. The minimum atomic E-state index is -4.69. The highest BCUT2D eigenvalue weighted by molar-refractivity contribution is 5.90. The molecule has 4 nitrogen and oxygen atoms in total. The van der Waals surface area contributed by atoms with Gasteiger partial charge in [0.25, 0.3) is 0 Å². The van der Waals surface area contributed by atoms with Crippen LogP contribution in [0.25, 0.3) is 0 Å². The summed E-state index contributed by atoms with van der Waals surface area (Å²) in [5, 5.41) is 5.94. The first-order chi connectivity index (χ1) is 12.4. The van der Waals surface area contributed by atoms with E-state index < -0.39 is 6.36 Å². The van der Waals surface area contributed by atoms with Gasteiger partial charge in [0.1, 0.15) is 5.75 Å². The van der Waals surface area contributed by atoms with Gasteiger partial charge in [-0.3, -0.25) is 4.79 Å². The van der Waals surface area contributed by atoms with Crippen LogP contribution < -0.4 is 15.4 Å². The number of benzene rings is 2. The van der Waals surface area contributed by atoms with E-state index in [0.717, 1.165) is 11.3 Å². The highest BCUT2D eigenvalue weighted by Gasteiger charge is 2.30. The second-order valence-electron chi connectivity index (χ2n) is 5.50. The third-order valence-electron chi connectivity index (χ3n) is 3.40. The maximum absolute atomic E-state index is 12.1. The van der Waals surface area contributed by atoms with Gasteiger partial charge in [-0.2, -0.15) is 0 Å². The summed E-state index contributed by atoms with van der Waals surface area (Å²) in [6.07, 6.45) is -1.99. The van der Waals surface area contributed by atoms with Gasteiger partial charge >= 0.3 is 6.36 Å². The number of anilines is 2. The molecule has 0 unspecified atom stereocenters. The monoisotopic (exact) mass is 364 g/mol. The van der Waals surface area contributed by atoms with E-state index in [1.807, 2.05) is 12.1 Å². The van der Waals surface area contributed by atoms with E-state index in [2.05, 4.69) is 21.9 Å². The summed E-state index contributed by atoms with van der Waals surface area (Å²) in [6, 6.07) is 12.8. The van der Waals surface area contributed by atoms with Crippen molar-refractivity contribution in [3.8, 4) is 5.75 Å². The van der Waals surface area contributed by atoms with Crippen LogP contribution in [-0.4, -0.2) is 12.3 Å². The fourth-order valence-corrected chi connectivity index (χ4v) is 2.14. The van der Waals surface area contributed by atoms with Crippen molar-refractivity contribution in [3.05, 3.63) is 66.7 Å². The quantitative estimate of drug-likeness (QED) is 0.641. The zero-order valence-corrected chi connectivity index (χ0v) is 14.0. The second-order valence-corrected chi connectivity index (χ2v) is 5.50. The molecule has 138 valence electrons. The van der Waals surface area contributed by atoms with Gasteiger partial charge in [-0.05, 0) is 48.4 Å². The molecule has 7 heteroatoms. The van der Waals surface area contributed by atoms with Gasteiger partial charge in [0.05, 0.1) is 0 Å². The van der Waals surface area contributed by atoms with Crippen molar-refractivity contribution in [2.75, 3.05) is 10.6 Å². The highest BCUT2D eigenvalue weighted by atomic mass is 19.4. The molecule has 2 aromatic carbocycles. The standard InChI is InChI=1S/C19H19F3N2O2/c1-2-3-4-18(25)24-16-9-7-15(8-10-16)23-13-14-5-11-17(12-6-14)26-19(20,21)22/h2,5-12,23H,1,3-4,13H2,(H,24,25). The number of halogens is 3. The smallest absolute Gasteiger partial charge is 0.406 e. The Bertz CT molecular complexity index is 726. The Kier molecular flexibility index (Phi) is 6.66. The first kappa shape index (κ1) is 19.4. The van der Waals surface area contributed by atoms with Crippen LogP contribution in [0, 0.1) is 0 Å². The lowest BCUT2D eigenvalue weighted by Crippen LogP contribution is -2.17. The first-order valence-corrected chi connectivity index (χ1v) is 7.95. The lowest BCUT2D eigenvalue weighted by atomic mass is 10.2. The predicted octanol–water partition coefficient (Wildman–Crippen LogP) is 5.10. The van der Waals surface area contributed by atoms with E-state index in [1.165, 1.54) is 12.1 Å². The molecule has 0 saturated carbocycles. The molecular weight excluding hydrogens is 345 g/mol. The van der Waals surface area contributed by atoms with E-state index in [4.69, 9.17) is 0 Å². The predicted molar refractivity (Wildman–Crippen MR) is 95.0 cm³/mol. The molecule has 0 fully saturated rings. The zero-order chi connectivity index (χ0) is 19.0. The van der Waals surface area contributed by atoms with E-state index in [1.54, 1.807) is 30.3 Å². The number of rotatable bonds is 8. The molecule has 26 heavy (non-hydrogen) atoms. The van der Waals surface area contributed by atoms with Crippen LogP contribution >= 0.6 is 0 Å². The van der Waals surface area contributed by atoms with Crippen molar-refractivity contribution < 1.29 is 22.7 Å². The van der Waals surface area contributed by atoms with Crippen LogP contribution in [0.2, 0.25) is 0 Å². The van der Waals surface area contributed by atoms with Gasteiger partial charge in [-0.25, -0.2) is 0 Å². The fourth-order valence-electron chi connectivity index (χ4n) is 2.14. The minimum absolute atomic E-state index is 0.0771.